The lowest BCUT2D eigenvalue weighted by atomic mass is 10.2. The van der Waals surface area contributed by atoms with Crippen molar-refractivity contribution in [3.63, 3.8) is 0 Å². The summed E-state index contributed by atoms with van der Waals surface area (Å²) >= 11 is 0. The highest BCUT2D eigenvalue weighted by molar-refractivity contribution is 7.91. The molecule has 0 saturated heterocycles. The summed E-state index contributed by atoms with van der Waals surface area (Å²) in [5.41, 5.74) is 12.5. The smallest absolute Gasteiger partial charge is 0.232 e. The van der Waals surface area contributed by atoms with Gasteiger partial charge in [-0.25, -0.2) is 8.42 Å². The van der Waals surface area contributed by atoms with Crippen molar-refractivity contribution in [1.29, 1.82) is 0 Å². The van der Waals surface area contributed by atoms with Crippen LogP contribution < -0.4 is 11.5 Å². The predicted octanol–water partition coefficient (Wildman–Crippen LogP) is 2.34. The molecule has 112 valence electrons. The maximum atomic E-state index is 12.6. The number of hydrogen-bond acceptors (Lipinski definition) is 6. The van der Waals surface area contributed by atoms with Crippen LogP contribution in [0, 0.1) is 0 Å². The highest BCUT2D eigenvalue weighted by Gasteiger charge is 2.27. The molecule has 0 aliphatic rings. The van der Waals surface area contributed by atoms with E-state index in [9.17, 15) is 8.42 Å². The summed E-state index contributed by atoms with van der Waals surface area (Å²) < 4.78 is 30.4. The molecule has 0 unspecified atom stereocenters. The quantitative estimate of drug-likeness (QED) is 0.717. The summed E-state index contributed by atoms with van der Waals surface area (Å²) in [5.74, 6) is -0.188. The minimum Gasteiger partial charge on any atom is -0.419 e. The zero-order valence-electron chi connectivity index (χ0n) is 11.4. The van der Waals surface area contributed by atoms with Crippen molar-refractivity contribution in [2.45, 2.75) is 9.92 Å². The van der Waals surface area contributed by atoms with Crippen LogP contribution >= 0.6 is 0 Å². The molecular weight excluding hydrogens is 302 g/mol. The zero-order valence-corrected chi connectivity index (χ0v) is 12.2. The fourth-order valence-corrected chi connectivity index (χ4v) is 3.28. The highest BCUT2D eigenvalue weighted by atomic mass is 32.2. The van der Waals surface area contributed by atoms with E-state index in [4.69, 9.17) is 15.9 Å². The fraction of sp³-hybridized carbons (Fsp3) is 0. The molecule has 0 spiro atoms. The summed E-state index contributed by atoms with van der Waals surface area (Å²) in [6.07, 6.45) is 0. The molecule has 7 heteroatoms. The van der Waals surface area contributed by atoms with Gasteiger partial charge in [-0.05, 0) is 24.3 Å². The van der Waals surface area contributed by atoms with Gasteiger partial charge in [0.05, 0.1) is 10.5 Å². The molecule has 0 bridgehead atoms. The molecule has 1 aromatic heterocycles. The lowest BCUT2D eigenvalue weighted by molar-refractivity contribution is 0.584. The monoisotopic (exact) mass is 315 g/mol. The molecule has 0 aliphatic carbocycles. The maximum Gasteiger partial charge on any atom is 0.232 e. The predicted molar refractivity (Wildman–Crippen MR) is 82.7 cm³/mol. The molecule has 3 rings (SSSR count). The van der Waals surface area contributed by atoms with E-state index in [-0.39, 0.29) is 21.7 Å². The lowest BCUT2D eigenvalue weighted by Gasteiger charge is -2.00. The van der Waals surface area contributed by atoms with Gasteiger partial charge in [0.15, 0.2) is 0 Å². The van der Waals surface area contributed by atoms with Crippen molar-refractivity contribution in [3.05, 3.63) is 54.6 Å². The normalized spacial score (nSPS) is 11.5. The van der Waals surface area contributed by atoms with Crippen LogP contribution in [-0.4, -0.2) is 13.4 Å². The Bertz CT molecular complexity index is 918. The molecule has 2 aromatic carbocycles. The highest BCUT2D eigenvalue weighted by Crippen LogP contribution is 2.32. The number of anilines is 2. The van der Waals surface area contributed by atoms with Gasteiger partial charge in [-0.15, -0.1) is 0 Å². The number of nitrogens with two attached hydrogens (primary N) is 2. The fourth-order valence-electron chi connectivity index (χ4n) is 2.03. The van der Waals surface area contributed by atoms with E-state index < -0.39 is 9.84 Å². The molecule has 0 aliphatic heterocycles. The largest absolute Gasteiger partial charge is 0.419 e. The van der Waals surface area contributed by atoms with E-state index in [1.165, 1.54) is 12.1 Å². The Balaban J connectivity index is 2.13. The average Bonchev–Trinajstić information content (AvgIpc) is 2.91. The number of benzene rings is 2. The van der Waals surface area contributed by atoms with Crippen LogP contribution in [0.2, 0.25) is 0 Å². The molecule has 1 heterocycles. The molecule has 0 radical (unpaired) electrons. The van der Waals surface area contributed by atoms with Crippen molar-refractivity contribution in [3.8, 4) is 11.5 Å². The van der Waals surface area contributed by atoms with Crippen molar-refractivity contribution in [2.75, 3.05) is 11.5 Å². The number of rotatable bonds is 3. The van der Waals surface area contributed by atoms with Gasteiger partial charge < -0.3 is 15.9 Å². The van der Waals surface area contributed by atoms with E-state index in [2.05, 4.69) is 4.98 Å². The van der Waals surface area contributed by atoms with Crippen molar-refractivity contribution < 1.29 is 12.8 Å². The topological polar surface area (TPSA) is 112 Å². The average molecular weight is 315 g/mol. The number of hydrogen-bond donors (Lipinski definition) is 2. The molecule has 0 fully saturated rings. The van der Waals surface area contributed by atoms with E-state index in [0.29, 0.717) is 11.3 Å². The van der Waals surface area contributed by atoms with E-state index >= 15 is 0 Å². The van der Waals surface area contributed by atoms with Crippen LogP contribution in [0.4, 0.5) is 11.6 Å². The van der Waals surface area contributed by atoms with Gasteiger partial charge in [-0.2, -0.15) is 4.98 Å². The van der Waals surface area contributed by atoms with Gasteiger partial charge >= 0.3 is 0 Å². The molecule has 0 amide bonds. The van der Waals surface area contributed by atoms with Gasteiger partial charge in [0.25, 0.3) is 0 Å². The number of sulfone groups is 1. The second kappa shape index (κ2) is 5.19. The van der Waals surface area contributed by atoms with Crippen LogP contribution in [-0.2, 0) is 9.84 Å². The SMILES string of the molecule is Nc1ccccc1-c1nc(S(=O)(=O)c2ccccc2)c(N)o1. The lowest BCUT2D eigenvalue weighted by Crippen LogP contribution is -2.05. The Morgan fingerprint density at radius 3 is 2.23 bits per heavy atom. The van der Waals surface area contributed by atoms with Crippen LogP contribution in [0.3, 0.4) is 0 Å². The molecule has 3 aromatic rings. The Hall–Kier alpha value is -2.80. The van der Waals surface area contributed by atoms with Crippen molar-refractivity contribution in [2.24, 2.45) is 0 Å². The van der Waals surface area contributed by atoms with Crippen molar-refractivity contribution >= 4 is 21.4 Å². The first-order valence-corrected chi connectivity index (χ1v) is 7.90. The second-order valence-electron chi connectivity index (χ2n) is 4.59. The Morgan fingerprint density at radius 2 is 1.55 bits per heavy atom. The third-order valence-electron chi connectivity index (χ3n) is 3.12. The van der Waals surface area contributed by atoms with Gasteiger partial charge in [0.1, 0.15) is 0 Å². The Morgan fingerprint density at radius 1 is 0.909 bits per heavy atom. The molecule has 4 N–H and O–H groups in total. The molecular formula is C15H13N3O3S. The number of aromatic nitrogens is 1. The summed E-state index contributed by atoms with van der Waals surface area (Å²) in [5, 5.41) is -0.308. The molecule has 22 heavy (non-hydrogen) atoms. The third kappa shape index (κ3) is 2.31. The second-order valence-corrected chi connectivity index (χ2v) is 6.46. The molecule has 6 nitrogen and oxygen atoms in total. The van der Waals surface area contributed by atoms with Gasteiger partial charge in [-0.1, -0.05) is 30.3 Å². The van der Waals surface area contributed by atoms with E-state index in [0.717, 1.165) is 0 Å². The van der Waals surface area contributed by atoms with Crippen molar-refractivity contribution in [1.82, 2.24) is 4.98 Å². The molecule has 0 saturated carbocycles. The molecule has 0 atom stereocenters. The van der Waals surface area contributed by atoms with Crippen LogP contribution in [0.15, 0.2) is 68.9 Å². The minimum absolute atomic E-state index is 0.0742. The maximum absolute atomic E-state index is 12.6. The van der Waals surface area contributed by atoms with E-state index in [1.807, 2.05) is 0 Å². The third-order valence-corrected chi connectivity index (χ3v) is 4.81. The van der Waals surface area contributed by atoms with Crippen LogP contribution in [0.25, 0.3) is 11.5 Å². The summed E-state index contributed by atoms with van der Waals surface area (Å²) in [4.78, 5) is 4.13. The van der Waals surface area contributed by atoms with Gasteiger partial charge in [0.2, 0.25) is 26.6 Å². The number of nitrogens with zero attached hydrogens (tertiary/aromatic N) is 1. The Kier molecular flexibility index (Phi) is 3.34. The van der Waals surface area contributed by atoms with Crippen LogP contribution in [0.5, 0.6) is 0 Å². The Labute approximate surface area is 127 Å². The van der Waals surface area contributed by atoms with E-state index in [1.54, 1.807) is 42.5 Å². The first-order chi connectivity index (χ1) is 10.5. The number of para-hydroxylation sites is 1. The van der Waals surface area contributed by atoms with Crippen LogP contribution in [0.1, 0.15) is 0 Å². The first-order valence-electron chi connectivity index (χ1n) is 6.41. The standard InChI is InChI=1S/C15H13N3O3S/c16-12-9-5-4-8-11(12)14-18-15(13(17)21-14)22(19,20)10-6-2-1-3-7-10/h1-9H,16-17H2. The summed E-state index contributed by atoms with van der Waals surface area (Å²) in [6, 6.07) is 14.8. The van der Waals surface area contributed by atoms with Gasteiger partial charge in [0, 0.05) is 5.69 Å². The number of nitrogen functional groups attached to an aromatic ring is 2. The minimum atomic E-state index is -3.84. The summed E-state index contributed by atoms with van der Waals surface area (Å²) in [6.45, 7) is 0. The first kappa shape index (κ1) is 14.2. The number of oxazole rings is 1. The summed E-state index contributed by atoms with van der Waals surface area (Å²) in [7, 11) is -3.84. The zero-order chi connectivity index (χ0) is 15.7. The van der Waals surface area contributed by atoms with Gasteiger partial charge in [-0.3, -0.25) is 0 Å².